The van der Waals surface area contributed by atoms with Crippen LogP contribution in [-0.4, -0.2) is 28.3 Å². The van der Waals surface area contributed by atoms with E-state index in [0.717, 1.165) is 0 Å². The van der Waals surface area contributed by atoms with E-state index in [9.17, 15) is 9.59 Å². The molecule has 1 aromatic heterocycles. The number of ether oxygens (including phenoxy) is 1. The van der Waals surface area contributed by atoms with E-state index in [1.807, 2.05) is 0 Å². The normalized spacial score (nSPS) is 10.5. The van der Waals surface area contributed by atoms with Gasteiger partial charge in [-0.2, -0.15) is 0 Å². The summed E-state index contributed by atoms with van der Waals surface area (Å²) in [5, 5.41) is 0. The van der Waals surface area contributed by atoms with Crippen LogP contribution in [0.25, 0.3) is 11.0 Å². The summed E-state index contributed by atoms with van der Waals surface area (Å²) in [5.74, 6) is -1.15. The molecule has 3 rings (SSSR count). The number of carbonyl (C=O) groups is 2. The summed E-state index contributed by atoms with van der Waals surface area (Å²) < 4.78 is 5.01. The number of aromatic nitrogens is 2. The van der Waals surface area contributed by atoms with Crippen LogP contribution in [-0.2, 0) is 4.74 Å². The molecule has 0 saturated carbocycles. The van der Waals surface area contributed by atoms with Crippen LogP contribution in [0.5, 0.6) is 0 Å². The second kappa shape index (κ2) is 6.45. The smallest absolute Gasteiger partial charge is 0.359 e. The van der Waals surface area contributed by atoms with Gasteiger partial charge in [0.05, 0.1) is 17.6 Å². The molecule has 1 heterocycles. The molecule has 0 saturated heterocycles. The van der Waals surface area contributed by atoms with Gasteiger partial charge < -0.3 is 10.5 Å². The molecule has 2 N–H and O–H groups in total. The zero-order valence-corrected chi connectivity index (χ0v) is 13.0. The number of nitrogen functional groups attached to an aromatic ring is 1. The van der Waals surface area contributed by atoms with Gasteiger partial charge in [-0.15, -0.1) is 0 Å². The molecule has 6 nitrogen and oxygen atoms in total. The Balaban J connectivity index is 2.21. The van der Waals surface area contributed by atoms with Crippen LogP contribution in [0.3, 0.4) is 0 Å². The number of para-hydroxylation sites is 3. The van der Waals surface area contributed by atoms with Crippen molar-refractivity contribution in [3.63, 3.8) is 0 Å². The Kier molecular flexibility index (Phi) is 4.20. The highest BCUT2D eigenvalue weighted by atomic mass is 16.5. The maximum absolute atomic E-state index is 12.9. The fourth-order valence-corrected chi connectivity index (χ4v) is 2.33. The van der Waals surface area contributed by atoms with Crippen molar-refractivity contribution >= 4 is 28.5 Å². The van der Waals surface area contributed by atoms with E-state index in [1.165, 1.54) is 0 Å². The molecule has 0 unspecified atom stereocenters. The highest BCUT2D eigenvalue weighted by Gasteiger charge is 2.24. The van der Waals surface area contributed by atoms with Gasteiger partial charge in [0.2, 0.25) is 5.78 Å². The molecule has 0 bridgehead atoms. The molecule has 0 atom stereocenters. The molecule has 24 heavy (non-hydrogen) atoms. The summed E-state index contributed by atoms with van der Waals surface area (Å²) in [6.45, 7) is 1.86. The van der Waals surface area contributed by atoms with Crippen molar-refractivity contribution in [1.82, 2.24) is 9.97 Å². The summed E-state index contributed by atoms with van der Waals surface area (Å²) >= 11 is 0. The lowest BCUT2D eigenvalue weighted by atomic mass is 10.0. The van der Waals surface area contributed by atoms with Gasteiger partial charge in [0, 0.05) is 11.3 Å². The molecule has 0 fully saturated rings. The number of hydrogen-bond donors (Lipinski definition) is 1. The van der Waals surface area contributed by atoms with Crippen LogP contribution in [0, 0.1) is 0 Å². The second-order valence-electron chi connectivity index (χ2n) is 5.05. The molecule has 3 aromatic rings. The van der Waals surface area contributed by atoms with Crippen molar-refractivity contribution in [3.05, 3.63) is 65.5 Å². The molecule has 6 heteroatoms. The molecule has 0 aliphatic rings. The predicted octanol–water partition coefficient (Wildman–Crippen LogP) is 2.62. The van der Waals surface area contributed by atoms with Crippen LogP contribution >= 0.6 is 0 Å². The minimum absolute atomic E-state index is 0.0648. The third kappa shape index (κ3) is 2.81. The highest BCUT2D eigenvalue weighted by Crippen LogP contribution is 2.20. The maximum atomic E-state index is 12.9. The van der Waals surface area contributed by atoms with Gasteiger partial charge in [-0.1, -0.05) is 24.3 Å². The monoisotopic (exact) mass is 321 g/mol. The SMILES string of the molecule is CCOC(=O)c1nc2ccccc2nc1C(=O)c1ccccc1N. The molecule has 0 aliphatic heterocycles. The predicted molar refractivity (Wildman–Crippen MR) is 89.8 cm³/mol. The first-order valence-electron chi connectivity index (χ1n) is 7.45. The number of rotatable bonds is 4. The second-order valence-corrected chi connectivity index (χ2v) is 5.05. The van der Waals surface area contributed by atoms with E-state index in [-0.39, 0.29) is 23.6 Å². The van der Waals surface area contributed by atoms with E-state index in [4.69, 9.17) is 10.5 Å². The van der Waals surface area contributed by atoms with Gasteiger partial charge in [0.1, 0.15) is 5.69 Å². The molecule has 0 aliphatic carbocycles. The van der Waals surface area contributed by atoms with Gasteiger partial charge in [0.15, 0.2) is 5.69 Å². The zero-order chi connectivity index (χ0) is 17.1. The number of esters is 1. The van der Waals surface area contributed by atoms with E-state index in [2.05, 4.69) is 9.97 Å². The van der Waals surface area contributed by atoms with Crippen LogP contribution in [0.15, 0.2) is 48.5 Å². The summed E-state index contributed by atoms with van der Waals surface area (Å²) in [6.07, 6.45) is 0. The number of ketones is 1. The van der Waals surface area contributed by atoms with E-state index < -0.39 is 11.8 Å². The quantitative estimate of drug-likeness (QED) is 0.451. The number of nitrogens with two attached hydrogens (primary N) is 1. The Bertz CT molecular complexity index is 938. The Labute approximate surface area is 138 Å². The van der Waals surface area contributed by atoms with Gasteiger partial charge in [-0.25, -0.2) is 14.8 Å². The van der Waals surface area contributed by atoms with Crippen molar-refractivity contribution in [1.29, 1.82) is 0 Å². The van der Waals surface area contributed by atoms with Crippen LogP contribution in [0.1, 0.15) is 33.5 Å². The fourth-order valence-electron chi connectivity index (χ4n) is 2.33. The molecule has 2 aromatic carbocycles. The van der Waals surface area contributed by atoms with Crippen LogP contribution < -0.4 is 5.73 Å². The summed E-state index contributed by atoms with van der Waals surface area (Å²) in [6, 6.07) is 13.6. The first kappa shape index (κ1) is 15.6. The van der Waals surface area contributed by atoms with E-state index in [1.54, 1.807) is 55.5 Å². The topological polar surface area (TPSA) is 95.2 Å². The first-order chi connectivity index (χ1) is 11.6. The Morgan fingerprint density at radius 2 is 1.54 bits per heavy atom. The molecular weight excluding hydrogens is 306 g/mol. The zero-order valence-electron chi connectivity index (χ0n) is 13.0. The molecule has 120 valence electrons. The number of carbonyl (C=O) groups excluding carboxylic acids is 2. The van der Waals surface area contributed by atoms with Crippen molar-refractivity contribution in [2.75, 3.05) is 12.3 Å². The Morgan fingerprint density at radius 1 is 0.958 bits per heavy atom. The minimum Gasteiger partial charge on any atom is -0.461 e. The van der Waals surface area contributed by atoms with Crippen molar-refractivity contribution in [3.8, 4) is 0 Å². The van der Waals surface area contributed by atoms with Gasteiger partial charge >= 0.3 is 5.97 Å². The van der Waals surface area contributed by atoms with Crippen molar-refractivity contribution < 1.29 is 14.3 Å². The minimum atomic E-state index is -0.686. The summed E-state index contributed by atoms with van der Waals surface area (Å²) in [4.78, 5) is 33.7. The maximum Gasteiger partial charge on any atom is 0.359 e. The van der Waals surface area contributed by atoms with Gasteiger partial charge in [-0.3, -0.25) is 4.79 Å². The molecular formula is C18H15N3O3. The summed E-state index contributed by atoms with van der Waals surface area (Å²) in [5.41, 5.74) is 7.31. The van der Waals surface area contributed by atoms with Crippen LogP contribution in [0.2, 0.25) is 0 Å². The Morgan fingerprint density at radius 3 is 2.17 bits per heavy atom. The van der Waals surface area contributed by atoms with Crippen LogP contribution in [0.4, 0.5) is 5.69 Å². The van der Waals surface area contributed by atoms with Gasteiger partial charge in [0.25, 0.3) is 0 Å². The largest absolute Gasteiger partial charge is 0.461 e. The number of anilines is 1. The Hall–Kier alpha value is -3.28. The summed E-state index contributed by atoms with van der Waals surface area (Å²) in [7, 11) is 0. The number of hydrogen-bond acceptors (Lipinski definition) is 6. The first-order valence-corrected chi connectivity index (χ1v) is 7.45. The molecule has 0 spiro atoms. The average molecular weight is 321 g/mol. The molecule has 0 radical (unpaired) electrons. The lowest BCUT2D eigenvalue weighted by Gasteiger charge is -2.09. The third-order valence-corrected chi connectivity index (χ3v) is 3.46. The van der Waals surface area contributed by atoms with Gasteiger partial charge in [-0.05, 0) is 31.2 Å². The lowest BCUT2D eigenvalue weighted by Crippen LogP contribution is -2.17. The van der Waals surface area contributed by atoms with Crippen molar-refractivity contribution in [2.24, 2.45) is 0 Å². The number of benzene rings is 2. The van der Waals surface area contributed by atoms with Crippen molar-refractivity contribution in [2.45, 2.75) is 6.92 Å². The molecule has 0 amide bonds. The average Bonchev–Trinajstić information content (AvgIpc) is 2.60. The highest BCUT2D eigenvalue weighted by molar-refractivity contribution is 6.15. The van der Waals surface area contributed by atoms with E-state index in [0.29, 0.717) is 16.7 Å². The standard InChI is InChI=1S/C18H15N3O3/c1-2-24-18(23)16-15(17(22)11-7-3-4-8-12(11)19)20-13-9-5-6-10-14(13)21-16/h3-10H,2,19H2,1H3. The number of nitrogens with zero attached hydrogens (tertiary/aromatic N) is 2. The lowest BCUT2D eigenvalue weighted by molar-refractivity contribution is 0.0516. The number of fused-ring (bicyclic) bond motifs is 1. The third-order valence-electron chi connectivity index (χ3n) is 3.46. The fraction of sp³-hybridized carbons (Fsp3) is 0.111. The van der Waals surface area contributed by atoms with E-state index >= 15 is 0 Å².